The van der Waals surface area contributed by atoms with Crippen LogP contribution in [0.5, 0.6) is 0 Å². The predicted octanol–water partition coefficient (Wildman–Crippen LogP) is 1.80. The second-order valence-corrected chi connectivity index (χ2v) is 1.08. The molecule has 0 aliphatic carbocycles. The van der Waals surface area contributed by atoms with E-state index < -0.39 is 0 Å². The van der Waals surface area contributed by atoms with Crippen LogP contribution >= 0.6 is 0 Å². The SMILES string of the molecule is C[S-].[Au+3].[CH2-]O.[c-]1ccccc1. The van der Waals surface area contributed by atoms with Gasteiger partial charge in [-0.1, -0.05) is 0 Å². The van der Waals surface area contributed by atoms with Gasteiger partial charge >= 0.3 is 22.4 Å². The van der Waals surface area contributed by atoms with Gasteiger partial charge in [0.25, 0.3) is 0 Å². The Morgan fingerprint density at radius 1 is 1.09 bits per heavy atom. The zero-order valence-electron chi connectivity index (χ0n) is 6.25. The van der Waals surface area contributed by atoms with E-state index in [1.807, 2.05) is 30.3 Å². The Morgan fingerprint density at radius 3 is 1.55 bits per heavy atom. The van der Waals surface area contributed by atoms with Gasteiger partial charge in [-0.2, -0.15) is 42.7 Å². The van der Waals surface area contributed by atoms with Crippen molar-refractivity contribution < 1.29 is 27.5 Å². The Labute approximate surface area is 89.8 Å². The molecular weight excluding hydrogens is 341 g/mol. The third-order valence-corrected chi connectivity index (χ3v) is 0.607. The molecule has 0 amide bonds. The molecule has 0 aliphatic heterocycles. The molecule has 0 fully saturated rings. The van der Waals surface area contributed by atoms with Crippen molar-refractivity contribution in [2.24, 2.45) is 0 Å². The molecule has 0 spiro atoms. The van der Waals surface area contributed by atoms with E-state index >= 15 is 0 Å². The van der Waals surface area contributed by atoms with Crippen molar-refractivity contribution >= 4 is 12.6 Å². The topological polar surface area (TPSA) is 20.2 Å². The van der Waals surface area contributed by atoms with Crippen LogP contribution in [0.1, 0.15) is 0 Å². The van der Waals surface area contributed by atoms with Gasteiger partial charge in [-0.05, 0) is 0 Å². The van der Waals surface area contributed by atoms with Crippen LogP contribution in [0.2, 0.25) is 0 Å². The Morgan fingerprint density at radius 2 is 1.45 bits per heavy atom. The quantitative estimate of drug-likeness (QED) is 0.437. The van der Waals surface area contributed by atoms with Gasteiger partial charge in [0, 0.05) is 0 Å². The summed E-state index contributed by atoms with van der Waals surface area (Å²) >= 11 is 4.08. The number of benzene rings is 1. The number of hydrogen-bond acceptors (Lipinski definition) is 2. The van der Waals surface area contributed by atoms with E-state index in [1.165, 1.54) is 0 Å². The first-order valence-electron chi connectivity index (χ1n) is 2.64. The van der Waals surface area contributed by atoms with Crippen LogP contribution in [0.15, 0.2) is 30.3 Å². The first-order chi connectivity index (χ1) is 5.00. The first-order valence-corrected chi connectivity index (χ1v) is 3.45. The van der Waals surface area contributed by atoms with Gasteiger partial charge in [0.1, 0.15) is 0 Å². The van der Waals surface area contributed by atoms with Crippen LogP contribution in [-0.2, 0) is 35.0 Å². The van der Waals surface area contributed by atoms with Gasteiger partial charge in [-0.3, -0.25) is 0 Å². The van der Waals surface area contributed by atoms with Crippen molar-refractivity contribution in [2.75, 3.05) is 6.26 Å². The molecule has 0 bridgehead atoms. The molecule has 1 aromatic rings. The van der Waals surface area contributed by atoms with Crippen molar-refractivity contribution in [2.45, 2.75) is 0 Å². The van der Waals surface area contributed by atoms with Gasteiger partial charge < -0.3 is 17.7 Å². The van der Waals surface area contributed by atoms with Crippen molar-refractivity contribution in [3.8, 4) is 0 Å². The van der Waals surface area contributed by atoms with E-state index in [-0.39, 0.29) is 22.4 Å². The van der Waals surface area contributed by atoms with Crippen LogP contribution in [-0.4, -0.2) is 11.4 Å². The molecule has 1 N–H and O–H groups in total. The maximum Gasteiger partial charge on any atom is 3.00 e. The Balaban J connectivity index is -0.000000114. The van der Waals surface area contributed by atoms with Crippen molar-refractivity contribution in [3.05, 3.63) is 43.5 Å². The smallest absolute Gasteiger partial charge is 0.796 e. The molecule has 11 heavy (non-hydrogen) atoms. The normalized spacial score (nSPS) is 5.45. The minimum Gasteiger partial charge on any atom is -0.796 e. The van der Waals surface area contributed by atoms with E-state index in [1.54, 1.807) is 6.26 Å². The Bertz CT molecular complexity index is 86.0. The second kappa shape index (κ2) is 22.4. The van der Waals surface area contributed by atoms with Gasteiger partial charge in [0.15, 0.2) is 0 Å². The third kappa shape index (κ3) is 17.9. The monoisotopic (exact) mass is 352 g/mol. The van der Waals surface area contributed by atoms with Crippen LogP contribution in [0.25, 0.3) is 0 Å². The maximum absolute atomic E-state index is 6.75. The van der Waals surface area contributed by atoms with Crippen molar-refractivity contribution in [3.63, 3.8) is 0 Å². The number of aliphatic hydroxyl groups is 1. The fourth-order valence-corrected chi connectivity index (χ4v) is 0.342. The minimum atomic E-state index is 0. The molecular formula is C8H11AuOS. The standard InChI is InChI=1S/C6H5.CH3O.CH4S.Au/c1-2-4-6-5-3-1;2*1-2;/h1-5H;2H,1H2;2H,1H3;/q2*-1;;+3/p-1. The van der Waals surface area contributed by atoms with Gasteiger partial charge in [-0.15, -0.1) is 0 Å². The molecule has 0 unspecified atom stereocenters. The van der Waals surface area contributed by atoms with Crippen LogP contribution < -0.4 is 0 Å². The fraction of sp³-hybridized carbons (Fsp3) is 0.125. The molecule has 0 aliphatic rings. The predicted molar refractivity (Wildman–Crippen MR) is 45.9 cm³/mol. The maximum atomic E-state index is 6.75. The summed E-state index contributed by atoms with van der Waals surface area (Å²) in [5.74, 6) is 0. The van der Waals surface area contributed by atoms with Crippen LogP contribution in [0.3, 0.4) is 0 Å². The second-order valence-electron chi connectivity index (χ2n) is 1.08. The van der Waals surface area contributed by atoms with E-state index in [0.29, 0.717) is 0 Å². The van der Waals surface area contributed by atoms with E-state index in [2.05, 4.69) is 25.8 Å². The molecule has 0 saturated heterocycles. The summed E-state index contributed by atoms with van der Waals surface area (Å²) in [6.07, 6.45) is 1.58. The van der Waals surface area contributed by atoms with E-state index in [9.17, 15) is 0 Å². The van der Waals surface area contributed by atoms with Crippen LogP contribution in [0.4, 0.5) is 0 Å². The summed E-state index contributed by atoms with van der Waals surface area (Å²) in [5.41, 5.74) is 0. The summed E-state index contributed by atoms with van der Waals surface area (Å²) < 4.78 is 0. The molecule has 66 valence electrons. The van der Waals surface area contributed by atoms with E-state index in [4.69, 9.17) is 5.11 Å². The average Bonchev–Trinajstić information content (AvgIpc) is 2.14. The van der Waals surface area contributed by atoms with Gasteiger partial charge in [0.2, 0.25) is 0 Å². The molecule has 1 aromatic carbocycles. The zero-order valence-corrected chi connectivity index (χ0v) is 9.23. The molecule has 0 aromatic heterocycles. The average molecular weight is 352 g/mol. The molecule has 1 rings (SSSR count). The Kier molecular flexibility index (Phi) is 35.5. The van der Waals surface area contributed by atoms with Crippen molar-refractivity contribution in [1.29, 1.82) is 0 Å². The third-order valence-electron chi connectivity index (χ3n) is 0.607. The summed E-state index contributed by atoms with van der Waals surface area (Å²) in [5, 5.41) is 6.75. The molecule has 0 atom stereocenters. The van der Waals surface area contributed by atoms with Gasteiger partial charge in [0.05, 0.1) is 0 Å². The molecule has 0 heterocycles. The molecule has 3 heteroatoms. The minimum absolute atomic E-state index is 0. The first kappa shape index (κ1) is 17.4. The number of aliphatic hydroxyl groups excluding tert-OH is 1. The Hall–Kier alpha value is 0.270. The van der Waals surface area contributed by atoms with Gasteiger partial charge in [-0.25, -0.2) is 7.11 Å². The largest absolute Gasteiger partial charge is 3.00 e. The summed E-state index contributed by atoms with van der Waals surface area (Å²) in [6, 6.07) is 12.5. The van der Waals surface area contributed by atoms with E-state index in [0.717, 1.165) is 0 Å². The number of hydrogen-bond donors (Lipinski definition) is 1. The zero-order chi connectivity index (χ0) is 8.24. The molecule has 0 saturated carbocycles. The number of rotatable bonds is 0. The fourth-order valence-electron chi connectivity index (χ4n) is 0.342. The summed E-state index contributed by atoms with van der Waals surface area (Å²) in [6.45, 7) is 0. The van der Waals surface area contributed by atoms with Crippen LogP contribution in [0, 0.1) is 13.2 Å². The molecule has 0 radical (unpaired) electrons. The molecule has 1 nitrogen and oxygen atoms in total. The van der Waals surface area contributed by atoms with Crippen molar-refractivity contribution in [1.82, 2.24) is 0 Å². The summed E-state index contributed by atoms with van der Waals surface area (Å²) in [7, 11) is 2.25. The summed E-state index contributed by atoms with van der Waals surface area (Å²) in [4.78, 5) is 0.